The Hall–Kier alpha value is -2.70. The Balaban J connectivity index is 1.51. The highest BCUT2D eigenvalue weighted by atomic mass is 35.5. The molecule has 0 radical (unpaired) electrons. The molecule has 1 aromatic heterocycles. The Bertz CT molecular complexity index is 1160. The molecule has 146 valence electrons. The van der Waals surface area contributed by atoms with E-state index in [1.54, 1.807) is 6.07 Å². The number of ether oxygens (including phenoxy) is 3. The molecule has 0 saturated carbocycles. The summed E-state index contributed by atoms with van der Waals surface area (Å²) >= 11 is 12.1. The number of halogens is 1. The van der Waals surface area contributed by atoms with Gasteiger partial charge in [0.15, 0.2) is 16.7 Å². The molecule has 0 saturated heterocycles. The fourth-order valence-electron chi connectivity index (χ4n) is 4.53. The minimum Gasteiger partial charge on any atom is -0.491 e. The van der Waals surface area contributed by atoms with Crippen molar-refractivity contribution in [1.29, 1.82) is 0 Å². The molecule has 3 aliphatic rings. The monoisotopic (exact) mass is 425 g/mol. The van der Waals surface area contributed by atoms with E-state index in [9.17, 15) is 0 Å². The van der Waals surface area contributed by atoms with Crippen molar-refractivity contribution < 1.29 is 18.6 Å². The van der Waals surface area contributed by atoms with Gasteiger partial charge in [-0.2, -0.15) is 0 Å². The predicted molar refractivity (Wildman–Crippen MR) is 111 cm³/mol. The maximum atomic E-state index is 6.15. The van der Waals surface area contributed by atoms with Gasteiger partial charge in [0.1, 0.15) is 23.5 Å². The third-order valence-electron chi connectivity index (χ3n) is 5.84. The Morgan fingerprint density at radius 2 is 1.79 bits per heavy atom. The van der Waals surface area contributed by atoms with Gasteiger partial charge in [0, 0.05) is 18.2 Å². The van der Waals surface area contributed by atoms with Crippen LogP contribution in [0, 0.1) is 0 Å². The summed E-state index contributed by atoms with van der Waals surface area (Å²) in [7, 11) is 0. The van der Waals surface area contributed by atoms with Crippen LogP contribution in [-0.2, 0) is 18.5 Å². The fraction of sp³-hybridized carbons (Fsp3) is 0.227. The van der Waals surface area contributed by atoms with Gasteiger partial charge in [0.2, 0.25) is 6.79 Å². The fourth-order valence-corrected chi connectivity index (χ4v) is 5.10. The number of fused-ring (bicyclic) bond motifs is 5. The lowest BCUT2D eigenvalue weighted by molar-refractivity contribution is 0.173. The lowest BCUT2D eigenvalue weighted by atomic mass is 9.71. The first-order chi connectivity index (χ1) is 14.1. The van der Waals surface area contributed by atoms with Gasteiger partial charge < -0.3 is 23.5 Å². The molecule has 3 aliphatic heterocycles. The first-order valence-corrected chi connectivity index (χ1v) is 10.1. The van der Waals surface area contributed by atoms with Gasteiger partial charge in [-0.15, -0.1) is 0 Å². The minimum atomic E-state index is -0.559. The van der Waals surface area contributed by atoms with Crippen LogP contribution in [0.1, 0.15) is 22.5 Å². The Kier molecular flexibility index (Phi) is 3.64. The highest BCUT2D eigenvalue weighted by Crippen LogP contribution is 2.52. The second-order valence-corrected chi connectivity index (χ2v) is 8.18. The van der Waals surface area contributed by atoms with Crippen molar-refractivity contribution in [2.45, 2.75) is 18.5 Å². The van der Waals surface area contributed by atoms with E-state index in [0.717, 1.165) is 27.8 Å². The van der Waals surface area contributed by atoms with E-state index in [-0.39, 0.29) is 6.79 Å². The third kappa shape index (κ3) is 2.42. The molecule has 29 heavy (non-hydrogen) atoms. The first kappa shape index (κ1) is 17.2. The number of furan rings is 1. The van der Waals surface area contributed by atoms with Crippen molar-refractivity contribution in [2.75, 3.05) is 13.4 Å². The number of hydrogen-bond donors (Lipinski definition) is 0. The van der Waals surface area contributed by atoms with Crippen molar-refractivity contribution in [3.8, 4) is 17.2 Å². The van der Waals surface area contributed by atoms with Crippen molar-refractivity contribution in [3.05, 3.63) is 76.2 Å². The molecule has 3 aromatic rings. The predicted octanol–water partition coefficient (Wildman–Crippen LogP) is 4.68. The summed E-state index contributed by atoms with van der Waals surface area (Å²) in [6, 6.07) is 16.0. The summed E-state index contributed by atoms with van der Waals surface area (Å²) in [5.41, 5.74) is 2.85. The lowest BCUT2D eigenvalue weighted by Crippen LogP contribution is -2.51. The molecule has 6 rings (SSSR count). The number of rotatable bonds is 2. The molecule has 1 spiro atoms. The molecular formula is C22H16ClNO4S. The number of hydrogen-bond acceptors (Lipinski definition) is 5. The SMILES string of the molecule is S=C1N(Cc2ccc(Cl)o2)Cc2ccccc2C12COc1cc3c(cc12)OCO3. The van der Waals surface area contributed by atoms with Crippen molar-refractivity contribution in [1.82, 2.24) is 4.90 Å². The first-order valence-electron chi connectivity index (χ1n) is 9.34. The van der Waals surface area contributed by atoms with Gasteiger partial charge >= 0.3 is 0 Å². The van der Waals surface area contributed by atoms with Crippen LogP contribution >= 0.6 is 23.8 Å². The number of thiocarbonyl (C=S) groups is 1. The maximum absolute atomic E-state index is 6.15. The second kappa shape index (κ2) is 6.15. The van der Waals surface area contributed by atoms with Crippen LogP contribution in [0.25, 0.3) is 0 Å². The molecule has 0 amide bonds. The van der Waals surface area contributed by atoms with Gasteiger partial charge in [-0.05, 0) is 40.9 Å². The highest BCUT2D eigenvalue weighted by molar-refractivity contribution is 7.80. The summed E-state index contributed by atoms with van der Waals surface area (Å²) in [5, 5.41) is 0.375. The summed E-state index contributed by atoms with van der Waals surface area (Å²) in [6.07, 6.45) is 0. The smallest absolute Gasteiger partial charge is 0.231 e. The van der Waals surface area contributed by atoms with E-state index in [2.05, 4.69) is 29.2 Å². The van der Waals surface area contributed by atoms with E-state index in [0.29, 0.717) is 30.7 Å². The molecule has 5 nitrogen and oxygen atoms in total. The molecule has 2 aromatic carbocycles. The Morgan fingerprint density at radius 1 is 0.966 bits per heavy atom. The largest absolute Gasteiger partial charge is 0.491 e. The molecule has 4 heterocycles. The van der Waals surface area contributed by atoms with Crippen LogP contribution in [0.5, 0.6) is 17.2 Å². The van der Waals surface area contributed by atoms with Crippen molar-refractivity contribution in [3.63, 3.8) is 0 Å². The molecule has 0 N–H and O–H groups in total. The third-order valence-corrected chi connectivity index (χ3v) is 6.65. The standard InChI is InChI=1S/C22H16ClNO4S/c23-20-6-5-14(28-20)10-24-9-13-3-1-2-4-15(13)22(21(24)29)11-25-17-8-19-18(7-16(17)22)26-12-27-19/h1-8H,9-12H2. The van der Waals surface area contributed by atoms with Crippen molar-refractivity contribution in [2.24, 2.45) is 0 Å². The van der Waals surface area contributed by atoms with Crippen LogP contribution in [0.4, 0.5) is 0 Å². The number of nitrogens with zero attached hydrogens (tertiary/aromatic N) is 1. The molecule has 0 bridgehead atoms. The molecule has 1 atom stereocenters. The summed E-state index contributed by atoms with van der Waals surface area (Å²) in [4.78, 5) is 2.97. The Labute approximate surface area is 177 Å². The zero-order valence-corrected chi connectivity index (χ0v) is 16.9. The van der Waals surface area contributed by atoms with Crippen LogP contribution in [-0.4, -0.2) is 23.3 Å². The van der Waals surface area contributed by atoms with Crippen LogP contribution in [0.2, 0.25) is 5.22 Å². The Morgan fingerprint density at radius 3 is 2.62 bits per heavy atom. The van der Waals surface area contributed by atoms with Crippen LogP contribution in [0.15, 0.2) is 52.9 Å². The number of benzene rings is 2. The van der Waals surface area contributed by atoms with Gasteiger partial charge in [-0.25, -0.2) is 0 Å². The lowest BCUT2D eigenvalue weighted by Gasteiger charge is -2.42. The van der Waals surface area contributed by atoms with Crippen LogP contribution < -0.4 is 14.2 Å². The average Bonchev–Trinajstić information content (AvgIpc) is 3.44. The maximum Gasteiger partial charge on any atom is 0.231 e. The van der Waals surface area contributed by atoms with Gasteiger partial charge in [-0.1, -0.05) is 36.5 Å². The van der Waals surface area contributed by atoms with Gasteiger partial charge in [0.25, 0.3) is 0 Å². The van der Waals surface area contributed by atoms with Crippen LogP contribution in [0.3, 0.4) is 0 Å². The van der Waals surface area contributed by atoms with Gasteiger partial charge in [-0.3, -0.25) is 0 Å². The summed E-state index contributed by atoms with van der Waals surface area (Å²) in [6.45, 7) is 1.91. The average molecular weight is 426 g/mol. The molecule has 0 fully saturated rings. The van der Waals surface area contributed by atoms with Gasteiger partial charge in [0.05, 0.1) is 11.5 Å². The quantitative estimate of drug-likeness (QED) is 0.555. The topological polar surface area (TPSA) is 44.1 Å². The van der Waals surface area contributed by atoms with E-state index in [4.69, 9.17) is 42.4 Å². The zero-order valence-electron chi connectivity index (χ0n) is 15.3. The highest BCUT2D eigenvalue weighted by Gasteiger charge is 2.52. The molecule has 1 unspecified atom stereocenters. The second-order valence-electron chi connectivity index (χ2n) is 7.42. The molecule has 0 aliphatic carbocycles. The molecular weight excluding hydrogens is 410 g/mol. The van der Waals surface area contributed by atoms with Crippen molar-refractivity contribution >= 4 is 28.8 Å². The summed E-state index contributed by atoms with van der Waals surface area (Å²) < 4.78 is 22.9. The van der Waals surface area contributed by atoms with E-state index < -0.39 is 5.41 Å². The van der Waals surface area contributed by atoms with E-state index in [1.165, 1.54) is 11.1 Å². The van der Waals surface area contributed by atoms with E-state index >= 15 is 0 Å². The minimum absolute atomic E-state index is 0.220. The van der Waals surface area contributed by atoms with E-state index in [1.807, 2.05) is 18.2 Å². The normalized spacial score (nSPS) is 21.3. The summed E-state index contributed by atoms with van der Waals surface area (Å²) in [5.74, 6) is 2.99. The molecule has 7 heteroatoms. The zero-order chi connectivity index (χ0) is 19.6.